The van der Waals surface area contributed by atoms with Gasteiger partial charge in [0.2, 0.25) is 0 Å². The van der Waals surface area contributed by atoms with Crippen LogP contribution in [-0.2, 0) is 0 Å². The molecule has 0 spiro atoms. The summed E-state index contributed by atoms with van der Waals surface area (Å²) in [6.07, 6.45) is 0. The van der Waals surface area contributed by atoms with Crippen LogP contribution in [0.2, 0.25) is 0 Å². The van der Waals surface area contributed by atoms with E-state index in [0.717, 1.165) is 50.1 Å². The first-order valence-corrected chi connectivity index (χ1v) is 19.5. The molecule has 0 saturated heterocycles. The number of rotatable bonds is 6. The van der Waals surface area contributed by atoms with Crippen LogP contribution in [0.4, 0.5) is 17.1 Å². The minimum absolute atomic E-state index is 0.340. The fourth-order valence-corrected chi connectivity index (χ4v) is 8.97. The summed E-state index contributed by atoms with van der Waals surface area (Å²) in [6.45, 7) is 4.53. The number of nitrogens with zero attached hydrogens (tertiary/aromatic N) is 2. The molecule has 0 aliphatic heterocycles. The van der Waals surface area contributed by atoms with Crippen LogP contribution in [0.3, 0.4) is 0 Å². The molecule has 0 aliphatic rings. The summed E-state index contributed by atoms with van der Waals surface area (Å²) >= 11 is 0. The molecule has 11 aromatic rings. The Hall–Kier alpha value is -7.10. The summed E-state index contributed by atoms with van der Waals surface area (Å²) in [5.74, 6) is 0.340. The molecule has 0 radical (unpaired) electrons. The first kappa shape index (κ1) is 32.3. The molecule has 0 saturated carbocycles. The number of anilines is 3. The topological polar surface area (TPSA) is 21.3 Å². The van der Waals surface area contributed by atoms with Gasteiger partial charge >= 0.3 is 0 Å². The van der Waals surface area contributed by atoms with E-state index in [0.29, 0.717) is 5.92 Å². The molecule has 0 unspecified atom stereocenters. The van der Waals surface area contributed by atoms with E-state index in [1.165, 1.54) is 54.7 Å². The van der Waals surface area contributed by atoms with Gasteiger partial charge < -0.3 is 13.9 Å². The second-order valence-corrected chi connectivity index (χ2v) is 15.1. The third-order valence-electron chi connectivity index (χ3n) is 11.5. The number of furan rings is 1. The van der Waals surface area contributed by atoms with Crippen LogP contribution in [0.5, 0.6) is 0 Å². The predicted molar refractivity (Wildman–Crippen MR) is 237 cm³/mol. The molecule has 56 heavy (non-hydrogen) atoms. The van der Waals surface area contributed by atoms with E-state index in [-0.39, 0.29) is 0 Å². The van der Waals surface area contributed by atoms with Crippen molar-refractivity contribution in [3.8, 4) is 16.8 Å². The van der Waals surface area contributed by atoms with Gasteiger partial charge in [-0.05, 0) is 76.5 Å². The predicted octanol–water partition coefficient (Wildman–Crippen LogP) is 15.2. The zero-order valence-corrected chi connectivity index (χ0v) is 31.3. The normalized spacial score (nSPS) is 11.9. The van der Waals surface area contributed by atoms with Gasteiger partial charge in [-0.25, -0.2) is 0 Å². The lowest BCUT2D eigenvalue weighted by atomic mass is 9.95. The van der Waals surface area contributed by atoms with Crippen molar-refractivity contribution >= 4 is 82.4 Å². The Morgan fingerprint density at radius 1 is 0.482 bits per heavy atom. The molecule has 266 valence electrons. The van der Waals surface area contributed by atoms with Crippen LogP contribution in [0.25, 0.3) is 82.1 Å². The highest BCUT2D eigenvalue weighted by Gasteiger charge is 2.23. The first-order chi connectivity index (χ1) is 27.6. The van der Waals surface area contributed by atoms with E-state index in [1.807, 2.05) is 0 Å². The molecule has 0 amide bonds. The fourth-order valence-electron chi connectivity index (χ4n) is 8.97. The molecule has 3 nitrogen and oxygen atoms in total. The quantitative estimate of drug-likeness (QED) is 0.171. The molecule has 11 rings (SSSR count). The van der Waals surface area contributed by atoms with Crippen molar-refractivity contribution in [3.05, 3.63) is 194 Å². The first-order valence-electron chi connectivity index (χ1n) is 19.5. The van der Waals surface area contributed by atoms with Gasteiger partial charge in [0.1, 0.15) is 11.2 Å². The summed E-state index contributed by atoms with van der Waals surface area (Å²) in [5, 5.41) is 9.51. The van der Waals surface area contributed by atoms with Crippen molar-refractivity contribution in [2.24, 2.45) is 0 Å². The molecular formula is C53H38N2O. The smallest absolute Gasteiger partial charge is 0.143 e. The second-order valence-electron chi connectivity index (χ2n) is 15.1. The van der Waals surface area contributed by atoms with Crippen molar-refractivity contribution < 1.29 is 4.42 Å². The summed E-state index contributed by atoms with van der Waals surface area (Å²) in [5.41, 5.74) is 12.3. The lowest BCUT2D eigenvalue weighted by Gasteiger charge is -2.28. The van der Waals surface area contributed by atoms with Crippen LogP contribution in [0, 0.1) is 0 Å². The van der Waals surface area contributed by atoms with E-state index in [9.17, 15) is 0 Å². The third kappa shape index (κ3) is 4.98. The summed E-state index contributed by atoms with van der Waals surface area (Å²) < 4.78 is 9.20. The van der Waals surface area contributed by atoms with E-state index >= 15 is 0 Å². The molecule has 0 bridgehead atoms. The van der Waals surface area contributed by atoms with Crippen LogP contribution < -0.4 is 4.90 Å². The Morgan fingerprint density at radius 3 is 2.00 bits per heavy atom. The maximum atomic E-state index is 6.74. The van der Waals surface area contributed by atoms with Crippen LogP contribution in [-0.4, -0.2) is 4.57 Å². The number of aromatic nitrogens is 1. The lowest BCUT2D eigenvalue weighted by molar-refractivity contribution is 0.672. The zero-order chi connectivity index (χ0) is 37.3. The summed E-state index contributed by atoms with van der Waals surface area (Å²) in [4.78, 5) is 2.44. The Kier molecular flexibility index (Phi) is 7.36. The maximum Gasteiger partial charge on any atom is 0.143 e. The Balaban J connectivity index is 1.23. The Morgan fingerprint density at radius 2 is 1.16 bits per heavy atom. The number of fused-ring (bicyclic) bond motifs is 10. The summed E-state index contributed by atoms with van der Waals surface area (Å²) in [6, 6.07) is 68.2. The van der Waals surface area contributed by atoms with Crippen molar-refractivity contribution in [1.82, 2.24) is 4.57 Å². The molecule has 9 aromatic carbocycles. The van der Waals surface area contributed by atoms with E-state index in [4.69, 9.17) is 4.42 Å². The molecule has 0 fully saturated rings. The van der Waals surface area contributed by atoms with Gasteiger partial charge in [0, 0.05) is 54.8 Å². The van der Waals surface area contributed by atoms with Gasteiger partial charge in [-0.2, -0.15) is 0 Å². The molecule has 3 heteroatoms. The van der Waals surface area contributed by atoms with Gasteiger partial charge in [-0.15, -0.1) is 0 Å². The highest BCUT2D eigenvalue weighted by atomic mass is 16.3. The Labute approximate surface area is 325 Å². The number of hydrogen-bond acceptors (Lipinski definition) is 2. The van der Waals surface area contributed by atoms with Crippen LogP contribution in [0.1, 0.15) is 25.3 Å². The van der Waals surface area contributed by atoms with Gasteiger partial charge in [-0.3, -0.25) is 0 Å². The highest BCUT2D eigenvalue weighted by molar-refractivity contribution is 6.21. The standard InChI is InChI=1S/C53H38N2O/c1-34(2)41-26-14-28-50-51(41)47-33-49(44-24-8-9-25-46(44)53(47)56-50)54(38-19-12-18-37(31-38)35-15-4-3-5-16-35)39-20-13-21-40(32-39)55-48-27-11-10-23-43(48)45-30-29-36-17-6-7-22-42(36)52(45)55/h3-34H,1-2H3. The molecule has 0 N–H and O–H groups in total. The zero-order valence-electron chi connectivity index (χ0n) is 31.3. The van der Waals surface area contributed by atoms with Gasteiger partial charge in [0.05, 0.1) is 16.7 Å². The average molecular weight is 719 g/mol. The van der Waals surface area contributed by atoms with Crippen molar-refractivity contribution in [3.63, 3.8) is 0 Å². The van der Waals surface area contributed by atoms with Gasteiger partial charge in [0.15, 0.2) is 0 Å². The van der Waals surface area contributed by atoms with E-state index in [2.05, 4.69) is 211 Å². The largest absolute Gasteiger partial charge is 0.455 e. The minimum atomic E-state index is 0.340. The third-order valence-corrected chi connectivity index (χ3v) is 11.5. The highest BCUT2D eigenvalue weighted by Crippen LogP contribution is 2.47. The SMILES string of the molecule is CC(C)c1cccc2oc3c4ccccc4c(N(c4cccc(-c5ccccc5)c4)c4cccc(-n5c6ccccc6c6ccc7ccccc7c65)c4)cc3c12. The number of benzene rings is 9. The second kappa shape index (κ2) is 12.8. The summed E-state index contributed by atoms with van der Waals surface area (Å²) in [7, 11) is 0. The minimum Gasteiger partial charge on any atom is -0.455 e. The van der Waals surface area contributed by atoms with E-state index in [1.54, 1.807) is 0 Å². The molecule has 0 atom stereocenters. The van der Waals surface area contributed by atoms with E-state index < -0.39 is 0 Å². The van der Waals surface area contributed by atoms with Crippen molar-refractivity contribution in [1.29, 1.82) is 0 Å². The Bertz CT molecular complexity index is 3290. The number of para-hydroxylation sites is 1. The van der Waals surface area contributed by atoms with Crippen LogP contribution >= 0.6 is 0 Å². The lowest BCUT2D eigenvalue weighted by Crippen LogP contribution is -2.11. The van der Waals surface area contributed by atoms with Gasteiger partial charge in [-0.1, -0.05) is 153 Å². The van der Waals surface area contributed by atoms with Crippen molar-refractivity contribution in [2.75, 3.05) is 4.90 Å². The molecular weight excluding hydrogens is 681 g/mol. The number of hydrogen-bond donors (Lipinski definition) is 0. The maximum absolute atomic E-state index is 6.74. The molecule has 2 heterocycles. The van der Waals surface area contributed by atoms with Crippen LogP contribution in [0.15, 0.2) is 192 Å². The fraction of sp³-hybridized carbons (Fsp3) is 0.0566. The van der Waals surface area contributed by atoms with Gasteiger partial charge in [0.25, 0.3) is 0 Å². The molecule has 0 aliphatic carbocycles. The monoisotopic (exact) mass is 718 g/mol. The van der Waals surface area contributed by atoms with Crippen molar-refractivity contribution in [2.45, 2.75) is 19.8 Å². The molecule has 2 aromatic heterocycles. The average Bonchev–Trinajstić information content (AvgIpc) is 3.81.